The summed E-state index contributed by atoms with van der Waals surface area (Å²) >= 11 is 0. The van der Waals surface area contributed by atoms with Gasteiger partial charge in [0.1, 0.15) is 49.3 Å². The van der Waals surface area contributed by atoms with Crippen LogP contribution in [0.25, 0.3) is 56.8 Å². The Balaban J connectivity index is 0.000000123. The number of aromatic nitrogens is 7. The molecule has 3 aromatic carbocycles. The van der Waals surface area contributed by atoms with Gasteiger partial charge in [0.15, 0.2) is 70.3 Å². The van der Waals surface area contributed by atoms with Crippen LogP contribution in [0.15, 0.2) is 183 Å². The van der Waals surface area contributed by atoms with Gasteiger partial charge in [0, 0.05) is 141 Å². The summed E-state index contributed by atoms with van der Waals surface area (Å²) in [5.74, 6) is 0. The van der Waals surface area contributed by atoms with Crippen LogP contribution in [0, 0.1) is 48.5 Å². The van der Waals surface area contributed by atoms with Gasteiger partial charge in [-0.3, -0.25) is 0 Å². The highest BCUT2D eigenvalue weighted by Crippen LogP contribution is 2.20. The third-order valence-corrected chi connectivity index (χ3v) is 16.2. The van der Waals surface area contributed by atoms with Gasteiger partial charge < -0.3 is 0 Å². The Morgan fingerprint density at radius 1 is 0.325 bits per heavy atom. The van der Waals surface area contributed by atoms with Gasteiger partial charge >= 0.3 is 0 Å². The van der Waals surface area contributed by atoms with Crippen molar-refractivity contribution in [2.24, 2.45) is 49.3 Å². The first-order chi connectivity index (χ1) is 38.5. The SMILES string of the molecule is Cc1c2ccccc2cc[n+]1C.Cc1cc2c(c[n+]1C)C=CC2.Cc1cc2c(c[n+]1C)CC=C2.Cc1cc2ccccc2c[n+]1C.Cc1ccc2c([n+]1C)C=CC2.Cc1ccc2c([n+]1C)CC=C2.Cc1ccc2ccccc2[n+]1C. The third kappa shape index (κ3) is 14.0. The van der Waals surface area contributed by atoms with Gasteiger partial charge in [-0.15, -0.1) is 0 Å². The molecule has 4 aliphatic carbocycles. The molecule has 7 aromatic heterocycles. The van der Waals surface area contributed by atoms with Crippen LogP contribution in [-0.4, -0.2) is 0 Å². The van der Waals surface area contributed by atoms with E-state index in [0.29, 0.717) is 0 Å². The van der Waals surface area contributed by atoms with Crippen LogP contribution >= 0.6 is 0 Å². The Bertz CT molecular complexity index is 3800. The van der Waals surface area contributed by atoms with E-state index in [2.05, 4.69) is 337 Å². The zero-order valence-corrected chi connectivity index (χ0v) is 50.1. The first kappa shape index (κ1) is 57.6. The van der Waals surface area contributed by atoms with Crippen molar-refractivity contribution in [3.8, 4) is 0 Å². The molecule has 7 nitrogen and oxygen atoms in total. The molecule has 10 aromatic rings. The Morgan fingerprint density at radius 3 is 1.64 bits per heavy atom. The third-order valence-electron chi connectivity index (χ3n) is 16.2. The molecule has 0 fully saturated rings. The molecule has 0 amide bonds. The molecule has 0 aliphatic heterocycles. The summed E-state index contributed by atoms with van der Waals surface area (Å²) in [6, 6.07) is 47.1. The van der Waals surface area contributed by atoms with Gasteiger partial charge in [0.2, 0.25) is 11.2 Å². The predicted octanol–water partition coefficient (Wildman–Crippen LogP) is 11.5. The van der Waals surface area contributed by atoms with Crippen LogP contribution in [0.5, 0.6) is 0 Å². The van der Waals surface area contributed by atoms with E-state index in [0.717, 1.165) is 25.7 Å². The molecular weight excluding hydrogens is 975 g/mol. The number of allylic oxidation sites excluding steroid dienone is 4. The molecule has 4 aliphatic rings. The standard InChI is InChI=1S/3C11H12N.4C10H12N/c1-9-7-10-5-3-4-6-11(10)8-12(9)2;1-9-11-6-4-3-5-10(11)7-8-12(9)2;1-9-7-8-10-5-3-4-6-11(10)12(9)2;2*1-8-6-9-4-3-5-10(9)7-11(8)2;2*1-8-6-7-9-4-3-5-10(9)11(8)2/h3*3-8H,1-2H3;3,5-7H,4H2,1-2H3;3-4,6-7H,5H2,1-2H3;3,5-7H,4H2,1-2H3;3-4,6-7H,5H2,1-2H3/q7*+1. The largest absolute Gasteiger partial charge is 0.212 e. The monoisotopic (exact) mass is 1060 g/mol. The number of pyridine rings is 7. The highest BCUT2D eigenvalue weighted by Gasteiger charge is 2.18. The summed E-state index contributed by atoms with van der Waals surface area (Å²) in [6.45, 7) is 14.9. The first-order valence-electron chi connectivity index (χ1n) is 28.1. The number of hydrogen-bond acceptors (Lipinski definition) is 0. The molecule has 0 atom stereocenters. The molecule has 7 heteroatoms. The van der Waals surface area contributed by atoms with E-state index in [1.807, 2.05) is 0 Å². The van der Waals surface area contributed by atoms with Gasteiger partial charge in [-0.05, 0) is 77.6 Å². The predicted molar refractivity (Wildman–Crippen MR) is 330 cm³/mol. The Morgan fingerprint density at radius 2 is 0.863 bits per heavy atom. The van der Waals surface area contributed by atoms with Gasteiger partial charge in [-0.25, -0.2) is 22.8 Å². The van der Waals surface area contributed by atoms with Crippen molar-refractivity contribution in [2.45, 2.75) is 74.1 Å². The Labute approximate surface area is 477 Å². The number of fused-ring (bicyclic) bond motifs is 7. The molecule has 80 heavy (non-hydrogen) atoms. The van der Waals surface area contributed by atoms with E-state index in [1.54, 1.807) is 0 Å². The number of hydrogen-bond donors (Lipinski definition) is 0. The maximum Gasteiger partial charge on any atom is 0.212 e. The fourth-order valence-corrected chi connectivity index (χ4v) is 10.3. The lowest BCUT2D eigenvalue weighted by Gasteiger charge is -1.99. The molecule has 0 saturated heterocycles. The van der Waals surface area contributed by atoms with Crippen LogP contribution in [0.1, 0.15) is 84.6 Å². The van der Waals surface area contributed by atoms with Crippen molar-refractivity contribution in [1.29, 1.82) is 0 Å². The molecule has 0 N–H and O–H groups in total. The van der Waals surface area contributed by atoms with Gasteiger partial charge in [-0.1, -0.05) is 91.1 Å². The highest BCUT2D eigenvalue weighted by molar-refractivity contribution is 5.83. The Kier molecular flexibility index (Phi) is 19.0. The number of para-hydroxylation sites is 1. The summed E-state index contributed by atoms with van der Waals surface area (Å²) < 4.78 is 15.3. The molecule has 7 heterocycles. The maximum absolute atomic E-state index is 2.26. The molecule has 0 unspecified atom stereocenters. The van der Waals surface area contributed by atoms with Gasteiger partial charge in [-0.2, -0.15) is 9.13 Å². The van der Waals surface area contributed by atoms with Crippen LogP contribution in [-0.2, 0) is 75.0 Å². The average molecular weight is 1060 g/mol. The minimum Gasteiger partial charge on any atom is -0.205 e. The number of rotatable bonds is 0. The van der Waals surface area contributed by atoms with E-state index < -0.39 is 0 Å². The minimum absolute atomic E-state index is 1.09. The van der Waals surface area contributed by atoms with Crippen LogP contribution in [0.2, 0.25) is 0 Å². The van der Waals surface area contributed by atoms with Crippen molar-refractivity contribution in [2.75, 3.05) is 0 Å². The lowest BCUT2D eigenvalue weighted by atomic mass is 10.1. The molecule has 14 rings (SSSR count). The van der Waals surface area contributed by atoms with E-state index in [9.17, 15) is 0 Å². The van der Waals surface area contributed by atoms with E-state index in [4.69, 9.17) is 0 Å². The number of aryl methyl sites for hydroxylation is 12. The lowest BCUT2D eigenvalue weighted by Crippen LogP contribution is -2.36. The average Bonchev–Trinajstić information content (AvgIpc) is 4.33. The van der Waals surface area contributed by atoms with Crippen molar-refractivity contribution in [3.63, 3.8) is 0 Å². The zero-order chi connectivity index (χ0) is 57.0. The second-order valence-corrected chi connectivity index (χ2v) is 21.7. The fourth-order valence-electron chi connectivity index (χ4n) is 10.3. The van der Waals surface area contributed by atoms with Crippen LogP contribution in [0.3, 0.4) is 0 Å². The minimum atomic E-state index is 1.09. The van der Waals surface area contributed by atoms with E-state index in [-0.39, 0.29) is 0 Å². The van der Waals surface area contributed by atoms with Crippen molar-refractivity contribution in [1.82, 2.24) is 0 Å². The van der Waals surface area contributed by atoms with E-state index in [1.165, 1.54) is 117 Å². The molecule has 0 radical (unpaired) electrons. The topological polar surface area (TPSA) is 27.2 Å². The summed E-state index contributed by atoms with van der Waals surface area (Å²) in [4.78, 5) is 0. The molecular formula is C73H84N7+7. The molecule has 0 bridgehead atoms. The molecule has 404 valence electrons. The quantitative estimate of drug-likeness (QED) is 0.135. The van der Waals surface area contributed by atoms with Gasteiger partial charge in [0.05, 0.1) is 6.42 Å². The Hall–Kier alpha value is -8.55. The zero-order valence-electron chi connectivity index (χ0n) is 50.1. The summed E-state index contributed by atoms with van der Waals surface area (Å²) in [5.41, 5.74) is 21.7. The molecule has 0 saturated carbocycles. The first-order valence-corrected chi connectivity index (χ1v) is 28.1. The van der Waals surface area contributed by atoms with Crippen molar-refractivity contribution in [3.05, 3.63) is 267 Å². The summed E-state index contributed by atoms with van der Waals surface area (Å²) in [5, 5.41) is 6.56. The number of benzene rings is 3. The summed E-state index contributed by atoms with van der Waals surface area (Å²) in [6.07, 6.45) is 30.7. The fraction of sp³-hybridized carbons (Fsp3) is 0.247. The van der Waals surface area contributed by atoms with Crippen molar-refractivity contribution >= 4 is 56.8 Å². The van der Waals surface area contributed by atoms with Gasteiger partial charge in [0.25, 0.3) is 0 Å². The van der Waals surface area contributed by atoms with Crippen LogP contribution < -0.4 is 32.0 Å². The van der Waals surface area contributed by atoms with Crippen LogP contribution in [0.4, 0.5) is 0 Å². The van der Waals surface area contributed by atoms with E-state index >= 15 is 0 Å². The smallest absolute Gasteiger partial charge is 0.205 e. The maximum atomic E-state index is 2.26. The normalized spacial score (nSPS) is 12.2. The van der Waals surface area contributed by atoms with Crippen molar-refractivity contribution < 1.29 is 32.0 Å². The highest BCUT2D eigenvalue weighted by atomic mass is 15.0. The second kappa shape index (κ2) is 26.4. The lowest BCUT2D eigenvalue weighted by molar-refractivity contribution is -0.684. The second-order valence-electron chi connectivity index (χ2n) is 21.7. The molecule has 0 spiro atoms. The number of nitrogens with zero attached hydrogens (tertiary/aromatic N) is 7. The summed E-state index contributed by atoms with van der Waals surface area (Å²) in [7, 11) is 14.7.